The number of amides is 1. The third kappa shape index (κ3) is 2.66. The molecule has 0 spiro atoms. The Hall–Kier alpha value is -3.78. The summed E-state index contributed by atoms with van der Waals surface area (Å²) in [6.07, 6.45) is 1.17. The molecule has 1 unspecified atom stereocenters. The van der Waals surface area contributed by atoms with Crippen LogP contribution in [0.15, 0.2) is 66.7 Å². The van der Waals surface area contributed by atoms with E-state index in [2.05, 4.69) is 35.7 Å². The second kappa shape index (κ2) is 7.13. The molecule has 7 rings (SSSR count). The van der Waals surface area contributed by atoms with E-state index in [1.807, 2.05) is 42.5 Å². The van der Waals surface area contributed by atoms with Gasteiger partial charge < -0.3 is 14.8 Å². The van der Waals surface area contributed by atoms with E-state index in [1.165, 1.54) is 11.1 Å². The fourth-order valence-corrected chi connectivity index (χ4v) is 5.67. The van der Waals surface area contributed by atoms with E-state index in [0.717, 1.165) is 28.2 Å². The predicted molar refractivity (Wildman–Crippen MR) is 119 cm³/mol. The summed E-state index contributed by atoms with van der Waals surface area (Å²) in [5, 5.41) is 13.4. The van der Waals surface area contributed by atoms with Gasteiger partial charge in [0.2, 0.25) is 12.7 Å². The van der Waals surface area contributed by atoms with Crippen molar-refractivity contribution in [2.75, 3.05) is 13.3 Å². The number of rotatable bonds is 4. The van der Waals surface area contributed by atoms with Gasteiger partial charge >= 0.3 is 0 Å². The van der Waals surface area contributed by atoms with Crippen LogP contribution in [0, 0.1) is 16.7 Å². The zero-order chi connectivity index (χ0) is 21.7. The normalized spacial score (nSPS) is 23.7. The van der Waals surface area contributed by atoms with Crippen LogP contribution < -0.4 is 14.8 Å². The van der Waals surface area contributed by atoms with E-state index in [1.54, 1.807) is 0 Å². The van der Waals surface area contributed by atoms with Crippen molar-refractivity contribution in [3.8, 4) is 17.6 Å². The smallest absolute Gasteiger partial charge is 0.241 e. The molecule has 1 atom stereocenters. The Bertz CT molecular complexity index is 1230. The van der Waals surface area contributed by atoms with Gasteiger partial charge in [0.1, 0.15) is 5.41 Å². The quantitative estimate of drug-likeness (QED) is 0.682. The molecule has 0 saturated heterocycles. The van der Waals surface area contributed by atoms with Crippen LogP contribution in [0.3, 0.4) is 0 Å². The summed E-state index contributed by atoms with van der Waals surface area (Å²) in [5.41, 5.74) is 4.65. The highest BCUT2D eigenvalue weighted by Crippen LogP contribution is 2.60. The average molecular weight is 422 g/mol. The van der Waals surface area contributed by atoms with Crippen molar-refractivity contribution in [2.24, 2.45) is 5.41 Å². The number of nitrogens with zero attached hydrogens (tertiary/aromatic N) is 1. The van der Waals surface area contributed by atoms with Crippen molar-refractivity contribution in [3.63, 3.8) is 0 Å². The van der Waals surface area contributed by atoms with Crippen LogP contribution in [0.25, 0.3) is 0 Å². The lowest BCUT2D eigenvalue weighted by atomic mass is 9.52. The summed E-state index contributed by atoms with van der Waals surface area (Å²) in [7, 11) is 0. The molecular weight excluding hydrogens is 400 g/mol. The first-order chi connectivity index (χ1) is 15.7. The van der Waals surface area contributed by atoms with Crippen molar-refractivity contribution < 1.29 is 14.3 Å². The van der Waals surface area contributed by atoms with Crippen LogP contribution in [0.4, 0.5) is 0 Å². The average Bonchev–Trinajstić information content (AvgIpc) is 3.32. The van der Waals surface area contributed by atoms with Crippen molar-refractivity contribution in [1.29, 1.82) is 5.26 Å². The van der Waals surface area contributed by atoms with E-state index < -0.39 is 5.41 Å². The maximum Gasteiger partial charge on any atom is 0.241 e. The van der Waals surface area contributed by atoms with Gasteiger partial charge in [0.25, 0.3) is 0 Å². The third-order valence-corrected chi connectivity index (χ3v) is 7.12. The second-order valence-corrected chi connectivity index (χ2v) is 8.72. The molecule has 1 amide bonds. The summed E-state index contributed by atoms with van der Waals surface area (Å²) in [5.74, 6) is 1.11. The number of nitriles is 1. The molecule has 0 fully saturated rings. The SMILES string of the molecule is N#CC1(C(=O)NCCc2ccc3c(c2)OCO3)CC2c3ccccc3C1c1ccccc12. The Morgan fingerprint density at radius 1 is 0.969 bits per heavy atom. The number of carbonyl (C=O) groups is 1. The molecule has 0 radical (unpaired) electrons. The summed E-state index contributed by atoms with van der Waals surface area (Å²) < 4.78 is 10.8. The van der Waals surface area contributed by atoms with Crippen molar-refractivity contribution >= 4 is 5.91 Å². The molecule has 0 saturated carbocycles. The molecule has 0 aromatic heterocycles. The monoisotopic (exact) mass is 422 g/mol. The van der Waals surface area contributed by atoms with Gasteiger partial charge in [-0.15, -0.1) is 0 Å². The summed E-state index contributed by atoms with van der Waals surface area (Å²) in [6.45, 7) is 0.703. The third-order valence-electron chi connectivity index (χ3n) is 7.12. The highest BCUT2D eigenvalue weighted by molar-refractivity contribution is 5.89. The minimum absolute atomic E-state index is 0.0617. The highest BCUT2D eigenvalue weighted by Gasteiger charge is 2.57. The van der Waals surface area contributed by atoms with Crippen LogP contribution in [0.2, 0.25) is 0 Å². The predicted octanol–water partition coefficient (Wildman–Crippen LogP) is 4.27. The van der Waals surface area contributed by atoms with E-state index in [0.29, 0.717) is 19.4 Å². The largest absolute Gasteiger partial charge is 0.454 e. The van der Waals surface area contributed by atoms with Gasteiger partial charge in [0, 0.05) is 18.4 Å². The first-order valence-corrected chi connectivity index (χ1v) is 11.0. The first-order valence-electron chi connectivity index (χ1n) is 11.0. The molecule has 158 valence electrons. The minimum atomic E-state index is -1.11. The molecule has 32 heavy (non-hydrogen) atoms. The number of hydrogen-bond donors (Lipinski definition) is 1. The Kier molecular flexibility index (Phi) is 4.22. The Morgan fingerprint density at radius 3 is 2.31 bits per heavy atom. The molecule has 3 aromatic rings. The Labute approximate surface area is 186 Å². The van der Waals surface area contributed by atoms with Crippen LogP contribution in [-0.4, -0.2) is 19.2 Å². The van der Waals surface area contributed by atoms with Crippen LogP contribution >= 0.6 is 0 Å². The van der Waals surface area contributed by atoms with Crippen molar-refractivity contribution in [3.05, 3.63) is 94.5 Å². The van der Waals surface area contributed by atoms with Gasteiger partial charge in [-0.1, -0.05) is 54.6 Å². The molecule has 1 N–H and O–H groups in total. The molecule has 5 nitrogen and oxygen atoms in total. The first kappa shape index (κ1) is 18.9. The molecule has 3 aliphatic carbocycles. The zero-order valence-electron chi connectivity index (χ0n) is 17.5. The van der Waals surface area contributed by atoms with E-state index in [-0.39, 0.29) is 24.5 Å². The number of fused-ring (bicyclic) bond motifs is 2. The molecule has 4 aliphatic rings. The number of benzene rings is 3. The lowest BCUT2D eigenvalue weighted by Gasteiger charge is -2.48. The van der Waals surface area contributed by atoms with Gasteiger partial charge in [-0.05, 0) is 52.8 Å². The summed E-state index contributed by atoms with van der Waals surface area (Å²) in [4.78, 5) is 13.6. The number of nitrogens with one attached hydrogen (secondary N) is 1. The molecule has 3 aromatic carbocycles. The molecular formula is C27H22N2O3. The van der Waals surface area contributed by atoms with Crippen molar-refractivity contribution in [1.82, 2.24) is 5.32 Å². The summed E-state index contributed by atoms with van der Waals surface area (Å²) >= 11 is 0. The molecule has 2 bridgehead atoms. The fraction of sp³-hybridized carbons (Fsp3) is 0.259. The minimum Gasteiger partial charge on any atom is -0.454 e. The van der Waals surface area contributed by atoms with Gasteiger partial charge in [0.15, 0.2) is 11.5 Å². The Morgan fingerprint density at radius 2 is 1.62 bits per heavy atom. The summed E-state index contributed by atoms with van der Waals surface area (Å²) in [6, 6.07) is 24.8. The van der Waals surface area contributed by atoms with Crippen LogP contribution in [-0.2, 0) is 11.2 Å². The fourth-order valence-electron chi connectivity index (χ4n) is 5.67. The van der Waals surface area contributed by atoms with Gasteiger partial charge in [-0.3, -0.25) is 4.79 Å². The number of hydrogen-bond acceptors (Lipinski definition) is 4. The lowest BCUT2D eigenvalue weighted by molar-refractivity contribution is -0.129. The topological polar surface area (TPSA) is 71.4 Å². The second-order valence-electron chi connectivity index (χ2n) is 8.72. The van der Waals surface area contributed by atoms with Crippen LogP contribution in [0.1, 0.15) is 46.1 Å². The maximum absolute atomic E-state index is 13.6. The van der Waals surface area contributed by atoms with Crippen LogP contribution in [0.5, 0.6) is 11.5 Å². The maximum atomic E-state index is 13.6. The van der Waals surface area contributed by atoms with Gasteiger partial charge in [0.05, 0.1) is 6.07 Å². The van der Waals surface area contributed by atoms with E-state index in [9.17, 15) is 10.1 Å². The molecule has 5 heteroatoms. The van der Waals surface area contributed by atoms with E-state index in [4.69, 9.17) is 9.47 Å². The zero-order valence-corrected chi connectivity index (χ0v) is 17.5. The Balaban J connectivity index is 1.28. The molecule has 1 aliphatic heterocycles. The highest BCUT2D eigenvalue weighted by atomic mass is 16.7. The number of ether oxygens (including phenoxy) is 2. The number of carbonyl (C=O) groups excluding carboxylic acids is 1. The van der Waals surface area contributed by atoms with Crippen molar-refractivity contribution in [2.45, 2.75) is 24.7 Å². The lowest BCUT2D eigenvalue weighted by Crippen LogP contribution is -2.50. The van der Waals surface area contributed by atoms with Gasteiger partial charge in [-0.25, -0.2) is 0 Å². The van der Waals surface area contributed by atoms with Gasteiger partial charge in [-0.2, -0.15) is 5.26 Å². The molecule has 1 heterocycles. The van der Waals surface area contributed by atoms with E-state index >= 15 is 0 Å². The standard InChI is InChI=1S/C27H22N2O3/c28-15-27(26(30)29-12-11-17-9-10-23-24(13-17)32-16-31-23)14-22-18-5-1-3-7-20(18)25(27)21-8-4-2-6-19(21)22/h1-10,13,22,25H,11-12,14,16H2,(H,29,30).